The van der Waals surface area contributed by atoms with Crippen LogP contribution in [0, 0.1) is 0 Å². The molecule has 0 spiro atoms. The van der Waals surface area contributed by atoms with Crippen molar-refractivity contribution in [2.24, 2.45) is 0 Å². The van der Waals surface area contributed by atoms with Crippen molar-refractivity contribution < 1.29 is 18.0 Å². The summed E-state index contributed by atoms with van der Waals surface area (Å²) in [5.41, 5.74) is -1.89. The van der Waals surface area contributed by atoms with Crippen LogP contribution in [0.25, 0.3) is 22.1 Å². The molecule has 0 saturated heterocycles. The van der Waals surface area contributed by atoms with Crippen LogP contribution in [-0.4, -0.2) is 40.7 Å². The molecule has 1 aromatic carbocycles. The van der Waals surface area contributed by atoms with Crippen LogP contribution in [0.4, 0.5) is 18.9 Å². The number of hydrogen-bond donors (Lipinski definition) is 2. The van der Waals surface area contributed by atoms with Crippen molar-refractivity contribution in [2.45, 2.75) is 6.18 Å². The Balaban J connectivity index is 1.61. The van der Waals surface area contributed by atoms with E-state index in [2.05, 4.69) is 30.9 Å². The van der Waals surface area contributed by atoms with E-state index >= 15 is 0 Å². The number of benzene rings is 1. The zero-order chi connectivity index (χ0) is 22.5. The topological polar surface area (TPSA) is 123 Å². The van der Waals surface area contributed by atoms with Gasteiger partial charge in [-0.25, -0.2) is 9.20 Å². The van der Waals surface area contributed by atoms with Gasteiger partial charge in [0.15, 0.2) is 11.3 Å². The third-order valence-corrected chi connectivity index (χ3v) is 4.76. The van der Waals surface area contributed by atoms with Crippen LogP contribution in [0.5, 0.6) is 0 Å². The molecule has 4 aromatic heterocycles. The van der Waals surface area contributed by atoms with Gasteiger partial charge in [0.25, 0.3) is 11.5 Å². The first-order chi connectivity index (χ1) is 15.3. The predicted octanol–water partition coefficient (Wildman–Crippen LogP) is 2.42. The lowest BCUT2D eigenvalue weighted by Crippen LogP contribution is -2.21. The van der Waals surface area contributed by atoms with Crippen molar-refractivity contribution in [3.63, 3.8) is 0 Å². The normalized spacial score (nSPS) is 11.8. The number of carbonyl (C=O) groups is 1. The largest absolute Gasteiger partial charge is 0.434 e. The summed E-state index contributed by atoms with van der Waals surface area (Å²) in [6.07, 6.45) is -1.30. The molecule has 160 valence electrons. The molecule has 0 aliphatic carbocycles. The molecule has 10 nitrogen and oxygen atoms in total. The van der Waals surface area contributed by atoms with Gasteiger partial charge in [-0.1, -0.05) is 6.07 Å². The van der Waals surface area contributed by atoms with E-state index in [1.165, 1.54) is 53.3 Å². The van der Waals surface area contributed by atoms with Gasteiger partial charge in [-0.05, 0) is 34.7 Å². The molecule has 0 bridgehead atoms. The standard InChI is InChI=1S/C19H11F3N8O2/c20-19(21,22)16-13(18(32)25-10-5-7-29-15(8-10)26-27-28-29)9-24-30(16)14-3-1-2-12-11(14)4-6-23-17(12)31/h1-9H,(H,23,31)(H,25,32). The van der Waals surface area contributed by atoms with Crippen molar-refractivity contribution >= 4 is 28.0 Å². The van der Waals surface area contributed by atoms with Crippen LogP contribution in [0.2, 0.25) is 0 Å². The maximum Gasteiger partial charge on any atom is 0.434 e. The highest BCUT2D eigenvalue weighted by atomic mass is 19.4. The maximum atomic E-state index is 14.0. The van der Waals surface area contributed by atoms with Crippen molar-refractivity contribution in [3.8, 4) is 5.69 Å². The number of tetrazole rings is 1. The van der Waals surface area contributed by atoms with Crippen LogP contribution in [-0.2, 0) is 6.18 Å². The van der Waals surface area contributed by atoms with Crippen molar-refractivity contribution in [1.82, 2.24) is 34.8 Å². The molecular weight excluding hydrogens is 429 g/mol. The number of fused-ring (bicyclic) bond motifs is 2. The molecule has 32 heavy (non-hydrogen) atoms. The van der Waals surface area contributed by atoms with Gasteiger partial charge in [-0.15, -0.1) is 5.10 Å². The second kappa shape index (κ2) is 7.01. The molecule has 0 radical (unpaired) electrons. The first kappa shape index (κ1) is 19.4. The molecule has 0 unspecified atom stereocenters. The number of hydrogen-bond acceptors (Lipinski definition) is 6. The van der Waals surface area contributed by atoms with E-state index in [4.69, 9.17) is 0 Å². The van der Waals surface area contributed by atoms with Crippen molar-refractivity contribution in [3.05, 3.63) is 76.6 Å². The lowest BCUT2D eigenvalue weighted by molar-refractivity contribution is -0.143. The zero-order valence-electron chi connectivity index (χ0n) is 15.8. The van der Waals surface area contributed by atoms with Gasteiger partial charge in [0.1, 0.15) is 0 Å². The molecule has 0 saturated carbocycles. The summed E-state index contributed by atoms with van der Waals surface area (Å²) in [6, 6.07) is 8.63. The molecule has 0 atom stereocenters. The number of alkyl halides is 3. The highest BCUT2D eigenvalue weighted by Crippen LogP contribution is 2.35. The fraction of sp³-hybridized carbons (Fsp3) is 0.0526. The first-order valence-electron chi connectivity index (χ1n) is 9.08. The van der Waals surface area contributed by atoms with E-state index < -0.39 is 28.9 Å². The Morgan fingerprint density at radius 1 is 1.12 bits per heavy atom. The molecule has 0 aliphatic rings. The average Bonchev–Trinajstić information content (AvgIpc) is 3.40. The van der Waals surface area contributed by atoms with Crippen molar-refractivity contribution in [2.75, 3.05) is 5.32 Å². The quantitative estimate of drug-likeness (QED) is 0.444. The summed E-state index contributed by atoms with van der Waals surface area (Å²) < 4.78 is 44.0. The predicted molar refractivity (Wildman–Crippen MR) is 105 cm³/mol. The van der Waals surface area contributed by atoms with Gasteiger partial charge in [0, 0.05) is 34.9 Å². The number of nitrogens with zero attached hydrogens (tertiary/aromatic N) is 6. The fourth-order valence-corrected chi connectivity index (χ4v) is 3.38. The summed E-state index contributed by atoms with van der Waals surface area (Å²) in [7, 11) is 0. The number of pyridine rings is 2. The lowest BCUT2D eigenvalue weighted by atomic mass is 10.1. The van der Waals surface area contributed by atoms with Crippen LogP contribution >= 0.6 is 0 Å². The molecule has 0 aliphatic heterocycles. The second-order valence-electron chi connectivity index (χ2n) is 6.71. The van der Waals surface area contributed by atoms with Crippen LogP contribution in [0.1, 0.15) is 16.1 Å². The third-order valence-electron chi connectivity index (χ3n) is 4.76. The number of amides is 1. The molecule has 5 aromatic rings. The lowest BCUT2D eigenvalue weighted by Gasteiger charge is -2.14. The molecule has 0 fully saturated rings. The SMILES string of the molecule is O=C(Nc1ccn2nnnc2c1)c1cnn(-c2cccc3c(=O)[nH]ccc23)c1C(F)(F)F. The van der Waals surface area contributed by atoms with E-state index in [-0.39, 0.29) is 22.1 Å². The summed E-state index contributed by atoms with van der Waals surface area (Å²) >= 11 is 0. The highest BCUT2D eigenvalue weighted by molar-refractivity contribution is 6.05. The zero-order valence-corrected chi connectivity index (χ0v) is 15.8. The van der Waals surface area contributed by atoms with E-state index in [9.17, 15) is 22.8 Å². The van der Waals surface area contributed by atoms with E-state index in [1.807, 2.05) is 0 Å². The molecular formula is C19H11F3N8O2. The smallest absolute Gasteiger partial charge is 0.329 e. The van der Waals surface area contributed by atoms with Gasteiger partial charge < -0.3 is 10.3 Å². The average molecular weight is 440 g/mol. The van der Waals surface area contributed by atoms with Gasteiger partial charge in [-0.3, -0.25) is 9.59 Å². The van der Waals surface area contributed by atoms with Gasteiger partial charge in [-0.2, -0.15) is 18.3 Å². The number of aromatic nitrogens is 7. The van der Waals surface area contributed by atoms with Gasteiger partial charge >= 0.3 is 6.18 Å². The molecule has 4 heterocycles. The summed E-state index contributed by atoms with van der Waals surface area (Å²) in [6.45, 7) is 0. The second-order valence-corrected chi connectivity index (χ2v) is 6.71. The van der Waals surface area contributed by atoms with Crippen LogP contribution in [0.15, 0.2) is 59.8 Å². The van der Waals surface area contributed by atoms with E-state index in [0.717, 1.165) is 6.20 Å². The Morgan fingerprint density at radius 3 is 2.78 bits per heavy atom. The van der Waals surface area contributed by atoms with Crippen LogP contribution in [0.3, 0.4) is 0 Å². The van der Waals surface area contributed by atoms with Gasteiger partial charge in [0.2, 0.25) is 0 Å². The Hall–Kier alpha value is -4.55. The van der Waals surface area contributed by atoms with Crippen molar-refractivity contribution in [1.29, 1.82) is 0 Å². The molecule has 5 rings (SSSR count). The van der Waals surface area contributed by atoms with E-state index in [0.29, 0.717) is 10.3 Å². The number of H-pyrrole nitrogens is 1. The molecule has 13 heteroatoms. The Bertz CT molecular complexity index is 1550. The monoisotopic (exact) mass is 440 g/mol. The Kier molecular flexibility index (Phi) is 4.25. The number of anilines is 1. The Labute approximate surface area is 175 Å². The number of rotatable bonds is 3. The highest BCUT2D eigenvalue weighted by Gasteiger charge is 2.41. The number of halogens is 3. The summed E-state index contributed by atoms with van der Waals surface area (Å²) in [5.74, 6) is -1.02. The fourth-order valence-electron chi connectivity index (χ4n) is 3.38. The minimum absolute atomic E-state index is 0.0101. The summed E-state index contributed by atoms with van der Waals surface area (Å²) in [4.78, 5) is 27.3. The molecule has 2 N–H and O–H groups in total. The number of nitrogens with one attached hydrogen (secondary N) is 2. The minimum atomic E-state index is -4.91. The van der Waals surface area contributed by atoms with Gasteiger partial charge in [0.05, 0.1) is 17.4 Å². The van der Waals surface area contributed by atoms with E-state index in [1.54, 1.807) is 0 Å². The Morgan fingerprint density at radius 2 is 1.97 bits per heavy atom. The molecule has 1 amide bonds. The first-order valence-corrected chi connectivity index (χ1v) is 9.08. The maximum absolute atomic E-state index is 14.0. The minimum Gasteiger partial charge on any atom is -0.329 e. The third kappa shape index (κ3) is 3.15. The summed E-state index contributed by atoms with van der Waals surface area (Å²) in [5, 5.41) is 17.5. The number of aromatic amines is 1. The van der Waals surface area contributed by atoms with Crippen LogP contribution < -0.4 is 10.9 Å². The number of carbonyl (C=O) groups excluding carboxylic acids is 1.